The van der Waals surface area contributed by atoms with E-state index in [1.54, 1.807) is 7.11 Å². The topological polar surface area (TPSA) is 62.2 Å². The molecule has 4 aromatic carbocycles. The number of carboxylic acid groups (broad SMARTS) is 1. The van der Waals surface area contributed by atoms with Crippen LogP contribution in [0.4, 0.5) is 0 Å². The lowest BCUT2D eigenvalue weighted by molar-refractivity contribution is 0.0367. The summed E-state index contributed by atoms with van der Waals surface area (Å²) in [5, 5.41) is 10.6. The quantitative estimate of drug-likeness (QED) is 0.115. The molecule has 1 unspecified atom stereocenters. The van der Waals surface area contributed by atoms with Crippen LogP contribution in [0.3, 0.4) is 0 Å². The van der Waals surface area contributed by atoms with Crippen LogP contribution in [0, 0.1) is 0 Å². The molecule has 4 aromatic rings. The second-order valence-corrected chi connectivity index (χ2v) is 12.0. The normalized spacial score (nSPS) is 15.6. The predicted octanol–water partition coefficient (Wildman–Crippen LogP) is 7.84. The highest BCUT2D eigenvalue weighted by Gasteiger charge is 2.30. The third-order valence-electron chi connectivity index (χ3n) is 8.45. The summed E-state index contributed by atoms with van der Waals surface area (Å²) >= 11 is 0. The zero-order valence-electron chi connectivity index (χ0n) is 26.9. The molecule has 0 aliphatic carbocycles. The van der Waals surface area contributed by atoms with Crippen molar-refractivity contribution < 1.29 is 19.4 Å². The molecule has 238 valence electrons. The first-order chi connectivity index (χ1) is 22.4. The molecule has 0 radical (unpaired) electrons. The van der Waals surface area contributed by atoms with E-state index in [0.29, 0.717) is 36.5 Å². The first-order valence-corrected chi connectivity index (χ1v) is 15.9. The lowest BCUT2D eigenvalue weighted by Crippen LogP contribution is -2.54. The Hall–Kier alpha value is -4.65. The highest BCUT2D eigenvalue weighted by atomic mass is 16.5. The standard InChI is InChI=1S/C40H44N2O4/c1-30(2)19-22-36-37(45-3)25-34(21-20-31-13-7-4-8-14-31)38(40(43)44)39(36)46-29-35-28-41(26-32-15-9-5-10-16-32)23-24-42(35)27-33-17-11-6-12-18-33/h4-18,20-21,25,35H,1,19,22-24,26-29H2,2-3H3,(H,43,44)/b21-20+. The van der Waals surface area contributed by atoms with Crippen LogP contribution in [0.1, 0.15) is 51.5 Å². The number of benzene rings is 4. The summed E-state index contributed by atoms with van der Waals surface area (Å²) in [5.41, 5.74) is 5.95. The maximum absolute atomic E-state index is 13.0. The van der Waals surface area contributed by atoms with E-state index in [2.05, 4.69) is 64.9 Å². The van der Waals surface area contributed by atoms with Crippen LogP contribution in [-0.2, 0) is 19.5 Å². The van der Waals surface area contributed by atoms with E-state index in [1.165, 1.54) is 11.1 Å². The molecule has 1 atom stereocenters. The predicted molar refractivity (Wildman–Crippen MR) is 186 cm³/mol. The van der Waals surface area contributed by atoms with Crippen molar-refractivity contribution in [2.75, 3.05) is 33.4 Å². The van der Waals surface area contributed by atoms with Gasteiger partial charge in [0, 0.05) is 38.3 Å². The molecule has 46 heavy (non-hydrogen) atoms. The lowest BCUT2D eigenvalue weighted by Gasteiger charge is -2.41. The fourth-order valence-corrected chi connectivity index (χ4v) is 6.02. The number of methoxy groups -OCH3 is 1. The summed E-state index contributed by atoms with van der Waals surface area (Å²) in [6.45, 7) is 10.7. The number of piperazine rings is 1. The minimum atomic E-state index is -1.03. The summed E-state index contributed by atoms with van der Waals surface area (Å²) in [4.78, 5) is 17.9. The van der Waals surface area contributed by atoms with Gasteiger partial charge in [0.2, 0.25) is 0 Å². The molecule has 1 heterocycles. The Kier molecular flexibility index (Phi) is 11.4. The zero-order valence-corrected chi connectivity index (χ0v) is 26.9. The molecule has 1 N–H and O–H groups in total. The number of aromatic carboxylic acids is 1. The largest absolute Gasteiger partial charge is 0.496 e. The molecule has 0 bridgehead atoms. The van der Waals surface area contributed by atoms with Gasteiger partial charge >= 0.3 is 5.97 Å². The number of carbonyl (C=O) groups is 1. The van der Waals surface area contributed by atoms with E-state index in [1.807, 2.05) is 67.6 Å². The average molecular weight is 617 g/mol. The lowest BCUT2D eigenvalue weighted by atomic mass is 9.96. The van der Waals surface area contributed by atoms with Crippen molar-refractivity contribution in [1.29, 1.82) is 0 Å². The molecule has 1 fully saturated rings. The van der Waals surface area contributed by atoms with Crippen molar-refractivity contribution in [3.63, 3.8) is 0 Å². The van der Waals surface area contributed by atoms with Crippen molar-refractivity contribution in [3.05, 3.63) is 143 Å². The maximum atomic E-state index is 13.0. The van der Waals surface area contributed by atoms with E-state index in [-0.39, 0.29) is 11.6 Å². The zero-order chi connectivity index (χ0) is 32.3. The van der Waals surface area contributed by atoms with Crippen LogP contribution in [-0.4, -0.2) is 60.3 Å². The molecule has 0 amide bonds. The number of carboxylic acids is 1. The smallest absolute Gasteiger partial charge is 0.340 e. The number of rotatable bonds is 14. The van der Waals surface area contributed by atoms with Crippen LogP contribution >= 0.6 is 0 Å². The summed E-state index contributed by atoms with van der Waals surface area (Å²) in [6, 6.07) is 32.7. The van der Waals surface area contributed by atoms with Crippen molar-refractivity contribution in [2.24, 2.45) is 0 Å². The van der Waals surface area contributed by atoms with Crippen molar-refractivity contribution >= 4 is 18.1 Å². The van der Waals surface area contributed by atoms with Crippen molar-refractivity contribution in [1.82, 2.24) is 9.80 Å². The Labute approximate surface area is 273 Å². The molecule has 6 nitrogen and oxygen atoms in total. The van der Waals surface area contributed by atoms with Gasteiger partial charge in [-0.05, 0) is 48.1 Å². The molecule has 0 aromatic heterocycles. The minimum absolute atomic E-state index is 0.0443. The molecule has 1 aliphatic rings. The van der Waals surface area contributed by atoms with E-state index in [4.69, 9.17) is 9.47 Å². The second kappa shape index (κ2) is 16.1. The van der Waals surface area contributed by atoms with E-state index < -0.39 is 5.97 Å². The van der Waals surface area contributed by atoms with Gasteiger partial charge in [0.15, 0.2) is 0 Å². The Balaban J connectivity index is 1.49. The first-order valence-electron chi connectivity index (χ1n) is 15.9. The van der Waals surface area contributed by atoms with Gasteiger partial charge in [0.1, 0.15) is 23.7 Å². The molecule has 5 rings (SSSR count). The molecular weight excluding hydrogens is 572 g/mol. The number of nitrogens with zero attached hydrogens (tertiary/aromatic N) is 2. The minimum Gasteiger partial charge on any atom is -0.496 e. The Morgan fingerprint density at radius 2 is 1.54 bits per heavy atom. The fraction of sp³-hybridized carbons (Fsp3) is 0.275. The van der Waals surface area contributed by atoms with Crippen LogP contribution in [0.25, 0.3) is 12.2 Å². The number of hydrogen-bond donors (Lipinski definition) is 1. The summed E-state index contributed by atoms with van der Waals surface area (Å²) in [7, 11) is 1.62. The number of ether oxygens (including phenoxy) is 2. The van der Waals surface area contributed by atoms with Crippen molar-refractivity contribution in [3.8, 4) is 11.5 Å². The fourth-order valence-electron chi connectivity index (χ4n) is 6.02. The Morgan fingerprint density at radius 1 is 0.913 bits per heavy atom. The Morgan fingerprint density at radius 3 is 2.15 bits per heavy atom. The summed E-state index contributed by atoms with van der Waals surface area (Å²) in [5.74, 6) is -0.0393. The average Bonchev–Trinajstić information content (AvgIpc) is 3.07. The molecular formula is C40H44N2O4. The number of allylic oxidation sites excluding steroid dienone is 1. The summed E-state index contributed by atoms with van der Waals surface area (Å²) in [6.07, 6.45) is 5.01. The Bertz CT molecular complexity index is 1620. The van der Waals surface area contributed by atoms with Gasteiger partial charge in [-0.1, -0.05) is 109 Å². The van der Waals surface area contributed by atoms with Crippen LogP contribution in [0.15, 0.2) is 109 Å². The molecule has 0 spiro atoms. The number of hydrogen-bond acceptors (Lipinski definition) is 5. The van der Waals surface area contributed by atoms with Crippen molar-refractivity contribution in [2.45, 2.75) is 38.9 Å². The third-order valence-corrected chi connectivity index (χ3v) is 8.45. The van der Waals surface area contributed by atoms with Gasteiger partial charge in [-0.3, -0.25) is 9.80 Å². The van der Waals surface area contributed by atoms with Crippen LogP contribution in [0.2, 0.25) is 0 Å². The SMILES string of the molecule is C=C(C)CCc1c(OC)cc(/C=C/c2ccccc2)c(C(=O)O)c1OCC1CN(Cc2ccccc2)CCN1Cc1ccccc1. The molecule has 1 saturated heterocycles. The van der Waals surface area contributed by atoms with E-state index in [0.717, 1.165) is 49.4 Å². The highest BCUT2D eigenvalue weighted by molar-refractivity contribution is 5.97. The molecule has 0 saturated carbocycles. The third kappa shape index (κ3) is 8.75. The van der Waals surface area contributed by atoms with Gasteiger partial charge < -0.3 is 14.6 Å². The molecule has 1 aliphatic heterocycles. The van der Waals surface area contributed by atoms with Gasteiger partial charge in [-0.25, -0.2) is 4.79 Å². The van der Waals surface area contributed by atoms with Gasteiger partial charge in [-0.15, -0.1) is 6.58 Å². The molecule has 6 heteroatoms. The van der Waals surface area contributed by atoms with Crippen LogP contribution in [0.5, 0.6) is 11.5 Å². The van der Waals surface area contributed by atoms with Gasteiger partial charge in [-0.2, -0.15) is 0 Å². The highest BCUT2D eigenvalue weighted by Crippen LogP contribution is 2.38. The van der Waals surface area contributed by atoms with Gasteiger partial charge in [0.05, 0.1) is 13.2 Å². The van der Waals surface area contributed by atoms with Gasteiger partial charge in [0.25, 0.3) is 0 Å². The maximum Gasteiger partial charge on any atom is 0.340 e. The summed E-state index contributed by atoms with van der Waals surface area (Å²) < 4.78 is 12.6. The second-order valence-electron chi connectivity index (χ2n) is 12.0. The first kappa shape index (κ1) is 32.7. The van der Waals surface area contributed by atoms with E-state index >= 15 is 0 Å². The van der Waals surface area contributed by atoms with Crippen LogP contribution < -0.4 is 9.47 Å². The monoisotopic (exact) mass is 616 g/mol. The van der Waals surface area contributed by atoms with E-state index in [9.17, 15) is 9.90 Å².